The lowest BCUT2D eigenvalue weighted by Gasteiger charge is -2.29. The van der Waals surface area contributed by atoms with Crippen LogP contribution in [0.2, 0.25) is 0 Å². The Morgan fingerprint density at radius 1 is 1.60 bits per heavy atom. The van der Waals surface area contributed by atoms with E-state index in [0.717, 1.165) is 32.4 Å². The SMILES string of the molecule is CCCCOC(=O)N[C@@H]1CNCC[C@H]1C. The predicted molar refractivity (Wildman–Crippen MR) is 59.8 cm³/mol. The predicted octanol–water partition coefficient (Wildman–Crippen LogP) is 1.51. The molecule has 1 rings (SSSR count). The third kappa shape index (κ3) is 4.51. The first kappa shape index (κ1) is 12.3. The van der Waals surface area contributed by atoms with Gasteiger partial charge < -0.3 is 15.4 Å². The van der Waals surface area contributed by atoms with Crippen LogP contribution >= 0.6 is 0 Å². The third-order valence-corrected chi connectivity index (χ3v) is 2.86. The maximum atomic E-state index is 11.4. The fourth-order valence-electron chi connectivity index (χ4n) is 1.69. The molecule has 88 valence electrons. The zero-order valence-corrected chi connectivity index (χ0v) is 9.71. The van der Waals surface area contributed by atoms with Gasteiger partial charge >= 0.3 is 6.09 Å². The van der Waals surface area contributed by atoms with Crippen molar-refractivity contribution < 1.29 is 9.53 Å². The van der Waals surface area contributed by atoms with E-state index >= 15 is 0 Å². The first-order valence-corrected chi connectivity index (χ1v) is 5.88. The Balaban J connectivity index is 2.18. The highest BCUT2D eigenvalue weighted by Crippen LogP contribution is 2.11. The van der Waals surface area contributed by atoms with Gasteiger partial charge in [0.05, 0.1) is 6.61 Å². The van der Waals surface area contributed by atoms with Crippen molar-refractivity contribution >= 4 is 6.09 Å². The molecule has 0 spiro atoms. The largest absolute Gasteiger partial charge is 0.450 e. The van der Waals surface area contributed by atoms with Gasteiger partial charge in [0.15, 0.2) is 0 Å². The van der Waals surface area contributed by atoms with E-state index in [1.807, 2.05) is 0 Å². The molecule has 1 aliphatic heterocycles. The molecule has 0 bridgehead atoms. The Kier molecular flexibility index (Phi) is 5.47. The summed E-state index contributed by atoms with van der Waals surface area (Å²) in [4.78, 5) is 11.4. The molecule has 1 saturated heterocycles. The molecule has 4 heteroatoms. The van der Waals surface area contributed by atoms with Crippen molar-refractivity contribution in [3.63, 3.8) is 0 Å². The van der Waals surface area contributed by atoms with Crippen LogP contribution in [0.25, 0.3) is 0 Å². The van der Waals surface area contributed by atoms with Crippen LogP contribution in [0.5, 0.6) is 0 Å². The lowest BCUT2D eigenvalue weighted by Crippen LogP contribution is -2.50. The van der Waals surface area contributed by atoms with Crippen LogP contribution in [0.15, 0.2) is 0 Å². The van der Waals surface area contributed by atoms with E-state index in [2.05, 4.69) is 24.5 Å². The monoisotopic (exact) mass is 214 g/mol. The average Bonchev–Trinajstić information content (AvgIpc) is 2.22. The molecular weight excluding hydrogens is 192 g/mol. The van der Waals surface area contributed by atoms with Gasteiger partial charge in [0.25, 0.3) is 0 Å². The number of hydrogen-bond acceptors (Lipinski definition) is 3. The summed E-state index contributed by atoms with van der Waals surface area (Å²) in [6.45, 7) is 6.66. The molecule has 0 saturated carbocycles. The second-order valence-electron chi connectivity index (χ2n) is 4.21. The van der Waals surface area contributed by atoms with Gasteiger partial charge in [-0.3, -0.25) is 0 Å². The van der Waals surface area contributed by atoms with Gasteiger partial charge in [-0.05, 0) is 25.3 Å². The number of rotatable bonds is 4. The van der Waals surface area contributed by atoms with E-state index < -0.39 is 0 Å². The standard InChI is InChI=1S/C11H22N2O2/c1-3-4-7-15-11(14)13-10-8-12-6-5-9(10)2/h9-10,12H,3-8H2,1-2H3,(H,13,14)/t9-,10-/m1/s1. The van der Waals surface area contributed by atoms with Crippen molar-refractivity contribution in [3.05, 3.63) is 0 Å². The number of carbonyl (C=O) groups excluding carboxylic acids is 1. The first-order chi connectivity index (χ1) is 7.24. The summed E-state index contributed by atoms with van der Waals surface area (Å²) in [5, 5.41) is 6.17. The summed E-state index contributed by atoms with van der Waals surface area (Å²) in [5.74, 6) is 0.532. The number of carbonyl (C=O) groups is 1. The third-order valence-electron chi connectivity index (χ3n) is 2.86. The second kappa shape index (κ2) is 6.67. The highest BCUT2D eigenvalue weighted by molar-refractivity contribution is 5.67. The molecule has 1 heterocycles. The number of nitrogens with one attached hydrogen (secondary N) is 2. The molecule has 0 aromatic carbocycles. The highest BCUT2D eigenvalue weighted by atomic mass is 16.5. The number of ether oxygens (including phenoxy) is 1. The van der Waals surface area contributed by atoms with Crippen molar-refractivity contribution in [3.8, 4) is 0 Å². The lowest BCUT2D eigenvalue weighted by molar-refractivity contribution is 0.134. The Bertz CT molecular complexity index is 197. The van der Waals surface area contributed by atoms with Gasteiger partial charge in [0.1, 0.15) is 0 Å². The topological polar surface area (TPSA) is 50.4 Å². The van der Waals surface area contributed by atoms with Gasteiger partial charge in [-0.1, -0.05) is 20.3 Å². The van der Waals surface area contributed by atoms with Crippen molar-refractivity contribution in [2.75, 3.05) is 19.7 Å². The fourth-order valence-corrected chi connectivity index (χ4v) is 1.69. The fraction of sp³-hybridized carbons (Fsp3) is 0.909. The van der Waals surface area contributed by atoms with Crippen LogP contribution < -0.4 is 10.6 Å². The molecule has 0 aliphatic carbocycles. The van der Waals surface area contributed by atoms with E-state index in [1.165, 1.54) is 0 Å². The van der Waals surface area contributed by atoms with E-state index in [9.17, 15) is 4.79 Å². The molecule has 2 atom stereocenters. The van der Waals surface area contributed by atoms with Gasteiger partial charge in [-0.15, -0.1) is 0 Å². The molecule has 0 radical (unpaired) electrons. The maximum absolute atomic E-state index is 11.4. The van der Waals surface area contributed by atoms with Gasteiger partial charge in [-0.2, -0.15) is 0 Å². The van der Waals surface area contributed by atoms with Crippen molar-refractivity contribution in [1.29, 1.82) is 0 Å². The maximum Gasteiger partial charge on any atom is 0.407 e. The summed E-state index contributed by atoms with van der Waals surface area (Å²) in [6, 6.07) is 0.216. The van der Waals surface area contributed by atoms with Gasteiger partial charge in [-0.25, -0.2) is 4.79 Å². The van der Waals surface area contributed by atoms with E-state index in [-0.39, 0.29) is 12.1 Å². The summed E-state index contributed by atoms with van der Waals surface area (Å²) >= 11 is 0. The van der Waals surface area contributed by atoms with E-state index in [0.29, 0.717) is 12.5 Å². The number of alkyl carbamates (subject to hydrolysis) is 1. The first-order valence-electron chi connectivity index (χ1n) is 5.88. The minimum absolute atomic E-state index is 0.216. The van der Waals surface area contributed by atoms with Crippen LogP contribution in [0.3, 0.4) is 0 Å². The minimum atomic E-state index is -0.274. The molecular formula is C11H22N2O2. The Labute approximate surface area is 91.8 Å². The van der Waals surface area contributed by atoms with Crippen molar-refractivity contribution in [1.82, 2.24) is 10.6 Å². The summed E-state index contributed by atoms with van der Waals surface area (Å²) < 4.78 is 5.06. The zero-order valence-electron chi connectivity index (χ0n) is 9.71. The highest BCUT2D eigenvalue weighted by Gasteiger charge is 2.22. The van der Waals surface area contributed by atoms with Gasteiger partial charge in [0, 0.05) is 12.6 Å². The van der Waals surface area contributed by atoms with Gasteiger partial charge in [0.2, 0.25) is 0 Å². The minimum Gasteiger partial charge on any atom is -0.450 e. The Morgan fingerprint density at radius 2 is 2.40 bits per heavy atom. The molecule has 1 amide bonds. The van der Waals surface area contributed by atoms with Crippen LogP contribution in [0.4, 0.5) is 4.79 Å². The van der Waals surface area contributed by atoms with Crippen LogP contribution in [0, 0.1) is 5.92 Å². The van der Waals surface area contributed by atoms with Crippen molar-refractivity contribution in [2.45, 2.75) is 39.2 Å². The van der Waals surface area contributed by atoms with Crippen LogP contribution in [-0.2, 0) is 4.74 Å². The second-order valence-corrected chi connectivity index (χ2v) is 4.21. The van der Waals surface area contributed by atoms with Crippen molar-refractivity contribution in [2.24, 2.45) is 5.92 Å². The molecule has 0 aromatic rings. The number of amides is 1. The smallest absolute Gasteiger partial charge is 0.407 e. The average molecular weight is 214 g/mol. The lowest BCUT2D eigenvalue weighted by atomic mass is 9.95. The Morgan fingerprint density at radius 3 is 3.07 bits per heavy atom. The number of piperidine rings is 1. The van der Waals surface area contributed by atoms with Crippen LogP contribution in [-0.4, -0.2) is 31.8 Å². The summed E-state index contributed by atoms with van der Waals surface area (Å²) in [7, 11) is 0. The van der Waals surface area contributed by atoms with E-state index in [1.54, 1.807) is 0 Å². The number of unbranched alkanes of at least 4 members (excludes halogenated alkanes) is 1. The quantitative estimate of drug-likeness (QED) is 0.697. The normalized spacial score (nSPS) is 26.0. The number of hydrogen-bond donors (Lipinski definition) is 2. The van der Waals surface area contributed by atoms with Crippen LogP contribution in [0.1, 0.15) is 33.1 Å². The van der Waals surface area contributed by atoms with E-state index in [4.69, 9.17) is 4.74 Å². The molecule has 1 fully saturated rings. The molecule has 15 heavy (non-hydrogen) atoms. The molecule has 4 nitrogen and oxygen atoms in total. The molecule has 0 unspecified atom stereocenters. The summed E-state index contributed by atoms with van der Waals surface area (Å²) in [6.07, 6.45) is 2.82. The molecule has 2 N–H and O–H groups in total. The zero-order chi connectivity index (χ0) is 11.1. The summed E-state index contributed by atoms with van der Waals surface area (Å²) in [5.41, 5.74) is 0. The Hall–Kier alpha value is -0.770. The molecule has 1 aliphatic rings. The molecule has 0 aromatic heterocycles.